The predicted molar refractivity (Wildman–Crippen MR) is 124 cm³/mol. The Kier molecular flexibility index (Phi) is 29.4. The number of methoxy groups -OCH3 is 1. The predicted octanol–water partition coefficient (Wildman–Crippen LogP) is 1.11. The van der Waals surface area contributed by atoms with E-state index in [-0.39, 0.29) is 12.6 Å². The highest BCUT2D eigenvalue weighted by molar-refractivity contribution is 5.69. The number of rotatable bonds is 29. The molecule has 0 N–H and O–H groups in total. The molecule has 0 aliphatic rings. The van der Waals surface area contributed by atoms with Gasteiger partial charge >= 0.3 is 5.97 Å². The summed E-state index contributed by atoms with van der Waals surface area (Å²) in [5.41, 5.74) is 0. The number of carbonyl (C=O) groups excluding carboxylic acids is 1. The van der Waals surface area contributed by atoms with Gasteiger partial charge in [-0.05, 0) is 6.42 Å². The van der Waals surface area contributed by atoms with Crippen molar-refractivity contribution in [3.8, 4) is 0 Å². The lowest BCUT2D eigenvalue weighted by molar-refractivity contribution is -0.145. The minimum absolute atomic E-state index is 0.185. The zero-order chi connectivity index (χ0) is 24.8. The summed E-state index contributed by atoms with van der Waals surface area (Å²) in [6, 6.07) is 0. The molecule has 0 heterocycles. The Morgan fingerprint density at radius 3 is 0.971 bits per heavy atom. The van der Waals surface area contributed by atoms with Gasteiger partial charge in [-0.3, -0.25) is 4.79 Å². The van der Waals surface area contributed by atoms with Crippen molar-refractivity contribution in [1.29, 1.82) is 0 Å². The largest absolute Gasteiger partial charge is 0.463 e. The summed E-state index contributed by atoms with van der Waals surface area (Å²) in [5, 5.41) is 0. The Hall–Kier alpha value is -0.890. The first kappa shape index (κ1) is 33.1. The summed E-state index contributed by atoms with van der Waals surface area (Å²) in [4.78, 5) is 11.1. The minimum Gasteiger partial charge on any atom is -0.463 e. The fourth-order valence-corrected chi connectivity index (χ4v) is 2.27. The van der Waals surface area contributed by atoms with Crippen molar-refractivity contribution in [1.82, 2.24) is 0 Å². The lowest BCUT2D eigenvalue weighted by Crippen LogP contribution is -2.15. The molecule has 0 aromatic carbocycles. The number of ether oxygens (including phenoxy) is 10. The molecule has 0 bridgehead atoms. The van der Waals surface area contributed by atoms with Crippen LogP contribution in [-0.4, -0.2) is 132 Å². The van der Waals surface area contributed by atoms with Gasteiger partial charge in [-0.1, -0.05) is 6.92 Å². The van der Waals surface area contributed by atoms with Crippen molar-refractivity contribution in [3.63, 3.8) is 0 Å². The molecule has 0 aromatic heterocycles. The Bertz CT molecular complexity index is 399. The van der Waals surface area contributed by atoms with E-state index in [1.54, 1.807) is 7.11 Å². The highest BCUT2D eigenvalue weighted by atomic mass is 16.6. The fraction of sp³-hybridized carbons (Fsp3) is 0.957. The van der Waals surface area contributed by atoms with Gasteiger partial charge in [0.2, 0.25) is 0 Å². The molecule has 0 spiro atoms. The highest BCUT2D eigenvalue weighted by Gasteiger charge is 2.00. The smallest absolute Gasteiger partial charge is 0.305 e. The van der Waals surface area contributed by atoms with E-state index in [0.29, 0.717) is 119 Å². The monoisotopic (exact) mass is 498 g/mol. The lowest BCUT2D eigenvalue weighted by Gasteiger charge is -2.09. The van der Waals surface area contributed by atoms with Gasteiger partial charge in [0.25, 0.3) is 0 Å². The van der Waals surface area contributed by atoms with Crippen molar-refractivity contribution >= 4 is 5.97 Å². The maximum atomic E-state index is 11.1. The molecular formula is C23H46O11. The first-order chi connectivity index (χ1) is 16.8. The van der Waals surface area contributed by atoms with E-state index < -0.39 is 0 Å². The third-order valence-electron chi connectivity index (χ3n) is 3.98. The van der Waals surface area contributed by atoms with Crippen molar-refractivity contribution in [2.75, 3.05) is 126 Å². The standard InChI is InChI=1S/C23H46O11/c1-3-4-23(24)34-22-21-33-20-19-32-18-17-31-16-15-30-14-13-29-12-11-28-10-9-27-8-7-26-6-5-25-2/h3-22H2,1-2H3. The zero-order valence-corrected chi connectivity index (χ0v) is 21.1. The Morgan fingerprint density at radius 1 is 0.441 bits per heavy atom. The zero-order valence-electron chi connectivity index (χ0n) is 21.1. The van der Waals surface area contributed by atoms with E-state index >= 15 is 0 Å². The summed E-state index contributed by atoms with van der Waals surface area (Å²) < 4.78 is 52.9. The van der Waals surface area contributed by atoms with Crippen LogP contribution >= 0.6 is 0 Å². The topological polar surface area (TPSA) is 109 Å². The molecule has 0 amide bonds. The van der Waals surface area contributed by atoms with Gasteiger partial charge in [-0.2, -0.15) is 0 Å². The third kappa shape index (κ3) is 29.1. The van der Waals surface area contributed by atoms with Crippen LogP contribution in [0.2, 0.25) is 0 Å². The molecule has 0 rings (SSSR count). The van der Waals surface area contributed by atoms with Crippen LogP contribution in [0.25, 0.3) is 0 Å². The van der Waals surface area contributed by atoms with Crippen LogP contribution in [0.5, 0.6) is 0 Å². The summed E-state index contributed by atoms with van der Waals surface area (Å²) in [5.74, 6) is -0.185. The lowest BCUT2D eigenvalue weighted by atomic mass is 10.3. The van der Waals surface area contributed by atoms with Gasteiger partial charge < -0.3 is 47.4 Å². The molecule has 34 heavy (non-hydrogen) atoms. The summed E-state index contributed by atoms with van der Waals surface area (Å²) in [6.07, 6.45) is 1.24. The molecular weight excluding hydrogens is 452 g/mol. The van der Waals surface area contributed by atoms with Gasteiger partial charge in [0.1, 0.15) is 6.61 Å². The molecule has 204 valence electrons. The molecule has 0 atom stereocenters. The van der Waals surface area contributed by atoms with E-state index in [4.69, 9.17) is 47.4 Å². The molecule has 0 saturated heterocycles. The average Bonchev–Trinajstić information content (AvgIpc) is 2.83. The third-order valence-corrected chi connectivity index (χ3v) is 3.98. The van der Waals surface area contributed by atoms with E-state index in [0.717, 1.165) is 6.42 Å². The van der Waals surface area contributed by atoms with E-state index in [9.17, 15) is 4.79 Å². The molecule has 0 fully saturated rings. The minimum atomic E-state index is -0.185. The molecule has 0 aliphatic carbocycles. The number of carbonyl (C=O) groups is 1. The molecule has 0 radical (unpaired) electrons. The van der Waals surface area contributed by atoms with Crippen LogP contribution in [0.3, 0.4) is 0 Å². The van der Waals surface area contributed by atoms with Crippen LogP contribution in [0.15, 0.2) is 0 Å². The van der Waals surface area contributed by atoms with Crippen molar-refractivity contribution in [3.05, 3.63) is 0 Å². The van der Waals surface area contributed by atoms with Crippen LogP contribution in [0.4, 0.5) is 0 Å². The van der Waals surface area contributed by atoms with E-state index in [1.807, 2.05) is 6.92 Å². The van der Waals surface area contributed by atoms with Crippen LogP contribution in [0, 0.1) is 0 Å². The van der Waals surface area contributed by atoms with E-state index in [1.165, 1.54) is 0 Å². The fourth-order valence-electron chi connectivity index (χ4n) is 2.27. The van der Waals surface area contributed by atoms with Gasteiger partial charge in [-0.15, -0.1) is 0 Å². The van der Waals surface area contributed by atoms with Crippen molar-refractivity contribution < 1.29 is 52.2 Å². The van der Waals surface area contributed by atoms with Gasteiger partial charge in [0.15, 0.2) is 0 Å². The van der Waals surface area contributed by atoms with Crippen LogP contribution in [-0.2, 0) is 52.2 Å². The molecule has 0 saturated carbocycles. The quantitative estimate of drug-likeness (QED) is 0.109. The van der Waals surface area contributed by atoms with Crippen LogP contribution in [0.1, 0.15) is 19.8 Å². The Balaban J connectivity index is 3.03. The maximum Gasteiger partial charge on any atom is 0.305 e. The first-order valence-electron chi connectivity index (χ1n) is 12.1. The number of hydrogen-bond acceptors (Lipinski definition) is 11. The van der Waals surface area contributed by atoms with Crippen LogP contribution < -0.4 is 0 Å². The molecule has 0 aliphatic heterocycles. The Labute approximate surface area is 204 Å². The normalized spacial score (nSPS) is 11.2. The summed E-state index contributed by atoms with van der Waals surface area (Å²) in [6.45, 7) is 10.9. The van der Waals surface area contributed by atoms with Crippen molar-refractivity contribution in [2.45, 2.75) is 19.8 Å². The highest BCUT2D eigenvalue weighted by Crippen LogP contribution is 1.91. The molecule has 0 unspecified atom stereocenters. The average molecular weight is 499 g/mol. The van der Waals surface area contributed by atoms with E-state index in [2.05, 4.69) is 0 Å². The Morgan fingerprint density at radius 2 is 0.706 bits per heavy atom. The van der Waals surface area contributed by atoms with Gasteiger partial charge in [0, 0.05) is 13.5 Å². The first-order valence-corrected chi connectivity index (χ1v) is 12.1. The second-order valence-electron chi connectivity index (χ2n) is 6.86. The maximum absolute atomic E-state index is 11.1. The number of hydrogen-bond donors (Lipinski definition) is 0. The SMILES string of the molecule is CCCC(=O)OCCOCCOCCOCCOCCOCCOCCOCCOCCOC. The second kappa shape index (κ2) is 30.1. The van der Waals surface area contributed by atoms with Gasteiger partial charge in [-0.25, -0.2) is 0 Å². The molecule has 0 aromatic rings. The summed E-state index contributed by atoms with van der Waals surface area (Å²) >= 11 is 0. The summed E-state index contributed by atoms with van der Waals surface area (Å²) in [7, 11) is 1.64. The molecule has 11 nitrogen and oxygen atoms in total. The number of esters is 1. The van der Waals surface area contributed by atoms with Gasteiger partial charge in [0.05, 0.1) is 112 Å². The second-order valence-corrected chi connectivity index (χ2v) is 6.86. The van der Waals surface area contributed by atoms with Crippen molar-refractivity contribution in [2.24, 2.45) is 0 Å². The molecule has 11 heteroatoms.